The van der Waals surface area contributed by atoms with Gasteiger partial charge in [-0.25, -0.2) is 0 Å². The van der Waals surface area contributed by atoms with Gasteiger partial charge in [0.15, 0.2) is 0 Å². The van der Waals surface area contributed by atoms with Crippen molar-refractivity contribution in [2.45, 2.75) is 56.5 Å². The zero-order valence-electron chi connectivity index (χ0n) is 22.1. The Bertz CT molecular complexity index is 1390. The summed E-state index contributed by atoms with van der Waals surface area (Å²) in [6.45, 7) is 3.98. The molecule has 2 aliphatic rings. The van der Waals surface area contributed by atoms with Crippen molar-refractivity contribution >= 4 is 35.4 Å². The monoisotopic (exact) mass is 528 g/mol. The molecule has 2 atom stereocenters. The summed E-state index contributed by atoms with van der Waals surface area (Å²) in [5.41, 5.74) is -0.200. The number of oxime groups is 1. The Hall–Kier alpha value is -3.76. The molecule has 10 heteroatoms. The third-order valence-electron chi connectivity index (χ3n) is 7.74. The molecule has 1 aliphatic carbocycles. The Labute approximate surface area is 227 Å². The average molecular weight is 528 g/mol. The predicted molar refractivity (Wildman–Crippen MR) is 149 cm³/mol. The van der Waals surface area contributed by atoms with Crippen molar-refractivity contribution in [3.63, 3.8) is 0 Å². The SMILES string of the molecule is CC(C)CC(NC(=O)C1(C2(c3ccccc3)CC2)CC(CNC(=O)c2nccc3ccccc23)=NO1)B(O)O. The van der Waals surface area contributed by atoms with Gasteiger partial charge in [-0.2, -0.15) is 0 Å². The number of carbonyl (C=O) groups excluding carboxylic acids is 2. The average Bonchev–Trinajstić information content (AvgIpc) is 3.64. The van der Waals surface area contributed by atoms with Crippen LogP contribution in [0, 0.1) is 5.92 Å². The van der Waals surface area contributed by atoms with Crippen molar-refractivity contribution < 1.29 is 24.5 Å². The Morgan fingerprint density at radius 3 is 2.46 bits per heavy atom. The molecule has 5 rings (SSSR count). The standard InChI is InChI=1S/C29H33BN4O5/c1-19(2)16-24(30(37)38)33-27(36)29(28(13-14-28)21-9-4-3-5-10-21)17-22(34-39-29)18-32-26(35)25-23-11-7-6-8-20(23)12-15-31-25/h3-12,15,19,24,37-38H,13-14,16-18H2,1-2H3,(H,32,35)(H,33,36). The van der Waals surface area contributed by atoms with Gasteiger partial charge >= 0.3 is 7.12 Å². The number of carbonyl (C=O) groups is 2. The third kappa shape index (κ3) is 5.14. The smallest absolute Gasteiger partial charge is 0.426 e. The van der Waals surface area contributed by atoms with Crippen LogP contribution in [0.1, 0.15) is 55.6 Å². The van der Waals surface area contributed by atoms with E-state index in [1.165, 1.54) is 0 Å². The van der Waals surface area contributed by atoms with Gasteiger partial charge < -0.3 is 25.5 Å². The summed E-state index contributed by atoms with van der Waals surface area (Å²) in [6, 6.07) is 19.1. The van der Waals surface area contributed by atoms with E-state index in [-0.39, 0.29) is 24.8 Å². The fourth-order valence-electron chi connectivity index (χ4n) is 5.61. The molecule has 0 saturated heterocycles. The number of rotatable bonds is 10. The summed E-state index contributed by atoms with van der Waals surface area (Å²) >= 11 is 0. The summed E-state index contributed by atoms with van der Waals surface area (Å²) in [4.78, 5) is 37.3. The highest BCUT2D eigenvalue weighted by Crippen LogP contribution is 2.60. The third-order valence-corrected chi connectivity index (χ3v) is 7.74. The number of hydrogen-bond donors (Lipinski definition) is 4. The molecule has 2 aromatic carbocycles. The minimum absolute atomic E-state index is 0.0850. The number of nitrogens with one attached hydrogen (secondary N) is 2. The maximum atomic E-state index is 13.9. The van der Waals surface area contributed by atoms with Crippen LogP contribution in [0.15, 0.2) is 72.0 Å². The number of nitrogens with zero attached hydrogens (tertiary/aromatic N) is 2. The topological polar surface area (TPSA) is 133 Å². The van der Waals surface area contributed by atoms with Crippen LogP contribution in [0.3, 0.4) is 0 Å². The summed E-state index contributed by atoms with van der Waals surface area (Å²) in [5.74, 6) is -1.51. The first-order chi connectivity index (χ1) is 18.8. The largest absolute Gasteiger partial charge is 0.475 e. The number of fused-ring (bicyclic) bond motifs is 1. The van der Waals surface area contributed by atoms with Gasteiger partial charge in [0.2, 0.25) is 5.60 Å². The Morgan fingerprint density at radius 1 is 1.05 bits per heavy atom. The molecule has 1 saturated carbocycles. The fraction of sp³-hybridized carbons (Fsp3) is 0.379. The number of hydrogen-bond acceptors (Lipinski definition) is 7. The van der Waals surface area contributed by atoms with E-state index in [9.17, 15) is 19.6 Å². The highest BCUT2D eigenvalue weighted by Gasteiger charge is 2.69. The molecule has 3 aromatic rings. The molecule has 202 valence electrons. The van der Waals surface area contributed by atoms with Crippen LogP contribution in [0.4, 0.5) is 0 Å². The lowest BCUT2D eigenvalue weighted by molar-refractivity contribution is -0.149. The van der Waals surface area contributed by atoms with Gasteiger partial charge in [0.05, 0.1) is 18.2 Å². The van der Waals surface area contributed by atoms with Gasteiger partial charge in [-0.1, -0.05) is 73.6 Å². The van der Waals surface area contributed by atoms with E-state index in [1.807, 2.05) is 74.5 Å². The second-order valence-electron chi connectivity index (χ2n) is 10.9. The van der Waals surface area contributed by atoms with Gasteiger partial charge in [-0.3, -0.25) is 14.6 Å². The Morgan fingerprint density at radius 2 is 1.77 bits per heavy atom. The molecular weight excluding hydrogens is 495 g/mol. The molecule has 2 unspecified atom stereocenters. The highest BCUT2D eigenvalue weighted by atomic mass is 16.7. The number of amides is 2. The lowest BCUT2D eigenvalue weighted by Crippen LogP contribution is -2.60. The van der Waals surface area contributed by atoms with E-state index in [2.05, 4.69) is 20.8 Å². The van der Waals surface area contributed by atoms with Crippen LogP contribution in [0.25, 0.3) is 10.8 Å². The molecule has 2 heterocycles. The molecule has 9 nitrogen and oxygen atoms in total. The molecule has 0 spiro atoms. The highest BCUT2D eigenvalue weighted by molar-refractivity contribution is 6.43. The van der Waals surface area contributed by atoms with E-state index in [0.29, 0.717) is 17.8 Å². The molecular formula is C29H33BN4O5. The van der Waals surface area contributed by atoms with E-state index < -0.39 is 30.0 Å². The van der Waals surface area contributed by atoms with E-state index in [1.54, 1.807) is 6.20 Å². The quantitative estimate of drug-likeness (QED) is 0.299. The van der Waals surface area contributed by atoms with Gasteiger partial charge in [-0.15, -0.1) is 0 Å². The first kappa shape index (κ1) is 26.8. The van der Waals surface area contributed by atoms with Crippen molar-refractivity contribution in [2.75, 3.05) is 6.54 Å². The van der Waals surface area contributed by atoms with Crippen molar-refractivity contribution in [1.82, 2.24) is 15.6 Å². The number of benzene rings is 2. The van der Waals surface area contributed by atoms with Gasteiger partial charge in [-0.05, 0) is 42.2 Å². The molecule has 1 aromatic heterocycles. The van der Waals surface area contributed by atoms with Crippen LogP contribution < -0.4 is 10.6 Å². The predicted octanol–water partition coefficient (Wildman–Crippen LogP) is 2.75. The Balaban J connectivity index is 1.37. The molecule has 2 amide bonds. The zero-order chi connectivity index (χ0) is 27.6. The first-order valence-corrected chi connectivity index (χ1v) is 13.3. The molecule has 1 aliphatic heterocycles. The van der Waals surface area contributed by atoms with E-state index in [0.717, 1.165) is 29.2 Å². The molecule has 4 N–H and O–H groups in total. The number of aromatic nitrogens is 1. The van der Waals surface area contributed by atoms with Crippen LogP contribution in [0.5, 0.6) is 0 Å². The maximum Gasteiger partial charge on any atom is 0.475 e. The van der Waals surface area contributed by atoms with Crippen LogP contribution in [0.2, 0.25) is 0 Å². The fourth-order valence-corrected chi connectivity index (χ4v) is 5.61. The minimum Gasteiger partial charge on any atom is -0.426 e. The second-order valence-corrected chi connectivity index (χ2v) is 10.9. The van der Waals surface area contributed by atoms with Crippen LogP contribution in [-0.2, 0) is 15.0 Å². The molecule has 0 bridgehead atoms. The van der Waals surface area contributed by atoms with Gasteiger partial charge in [0.25, 0.3) is 11.8 Å². The molecule has 0 radical (unpaired) electrons. The minimum atomic E-state index is -1.71. The lowest BCUT2D eigenvalue weighted by atomic mass is 9.72. The summed E-state index contributed by atoms with van der Waals surface area (Å²) in [5, 5.41) is 31.6. The summed E-state index contributed by atoms with van der Waals surface area (Å²) < 4.78 is 0. The normalized spacial score (nSPS) is 20.2. The molecule has 1 fully saturated rings. The second kappa shape index (κ2) is 10.8. The van der Waals surface area contributed by atoms with Crippen molar-refractivity contribution in [2.24, 2.45) is 11.1 Å². The lowest BCUT2D eigenvalue weighted by Gasteiger charge is -2.36. The van der Waals surface area contributed by atoms with E-state index in [4.69, 9.17) is 4.84 Å². The summed E-state index contributed by atoms with van der Waals surface area (Å²) in [7, 11) is -1.71. The van der Waals surface area contributed by atoms with E-state index >= 15 is 0 Å². The van der Waals surface area contributed by atoms with Crippen molar-refractivity contribution in [3.05, 3.63) is 78.1 Å². The van der Waals surface area contributed by atoms with Crippen LogP contribution >= 0.6 is 0 Å². The molecule has 39 heavy (non-hydrogen) atoms. The first-order valence-electron chi connectivity index (χ1n) is 13.3. The Kier molecular flexibility index (Phi) is 7.42. The zero-order valence-corrected chi connectivity index (χ0v) is 22.1. The van der Waals surface area contributed by atoms with Crippen LogP contribution in [-0.4, -0.2) is 57.8 Å². The maximum absolute atomic E-state index is 13.9. The van der Waals surface area contributed by atoms with Crippen molar-refractivity contribution in [1.29, 1.82) is 0 Å². The van der Waals surface area contributed by atoms with Gasteiger partial charge in [0.1, 0.15) is 5.69 Å². The van der Waals surface area contributed by atoms with Gasteiger partial charge in [0, 0.05) is 23.4 Å². The van der Waals surface area contributed by atoms with Crippen molar-refractivity contribution in [3.8, 4) is 0 Å². The summed E-state index contributed by atoms with van der Waals surface area (Å²) in [6.07, 6.45) is 3.58. The number of pyridine rings is 1.